The summed E-state index contributed by atoms with van der Waals surface area (Å²) >= 11 is 5.78. The molecule has 2 rings (SSSR count). The minimum absolute atomic E-state index is 0.0943. The minimum atomic E-state index is -2.93. The first-order valence-corrected chi connectivity index (χ1v) is 8.53. The Hall–Kier alpha value is -0.650. The van der Waals surface area contributed by atoms with E-state index in [0.717, 1.165) is 0 Å². The molecule has 1 N–H and O–H groups in total. The monoisotopic (exact) mass is 305 g/mol. The summed E-state index contributed by atoms with van der Waals surface area (Å²) in [6.45, 7) is 1.93. The molecule has 0 spiro atoms. The molecule has 0 aliphatic carbocycles. The topological polar surface area (TPSA) is 46.2 Å². The summed E-state index contributed by atoms with van der Waals surface area (Å²) in [5.74, 6) is -0.0884. The lowest BCUT2D eigenvalue weighted by molar-refractivity contribution is 0.434. The van der Waals surface area contributed by atoms with Crippen molar-refractivity contribution in [1.82, 2.24) is 5.32 Å². The highest BCUT2D eigenvalue weighted by atomic mass is 35.5. The van der Waals surface area contributed by atoms with E-state index in [-0.39, 0.29) is 28.6 Å². The van der Waals surface area contributed by atoms with Gasteiger partial charge in [-0.1, -0.05) is 30.7 Å². The molecule has 1 saturated heterocycles. The predicted octanol–water partition coefficient (Wildman–Crippen LogP) is 2.71. The molecule has 1 aliphatic rings. The fourth-order valence-electron chi connectivity index (χ4n) is 2.43. The van der Waals surface area contributed by atoms with Crippen molar-refractivity contribution in [3.05, 3.63) is 34.6 Å². The Labute approximate surface area is 118 Å². The zero-order chi connectivity index (χ0) is 14.0. The molecule has 19 heavy (non-hydrogen) atoms. The van der Waals surface area contributed by atoms with Crippen LogP contribution in [-0.4, -0.2) is 26.0 Å². The number of benzene rings is 1. The van der Waals surface area contributed by atoms with Gasteiger partial charge >= 0.3 is 0 Å². The normalized spacial score (nSPS) is 23.4. The predicted molar refractivity (Wildman–Crippen MR) is 74.6 cm³/mol. The van der Waals surface area contributed by atoms with E-state index in [1.54, 1.807) is 12.1 Å². The number of rotatable bonds is 4. The summed E-state index contributed by atoms with van der Waals surface area (Å²) < 4.78 is 36.8. The van der Waals surface area contributed by atoms with E-state index in [4.69, 9.17) is 11.6 Å². The third-order valence-electron chi connectivity index (χ3n) is 3.43. The molecule has 1 aromatic carbocycles. The zero-order valence-corrected chi connectivity index (χ0v) is 12.3. The molecule has 6 heteroatoms. The first-order chi connectivity index (χ1) is 8.93. The minimum Gasteiger partial charge on any atom is -0.306 e. The van der Waals surface area contributed by atoms with Gasteiger partial charge in [0.2, 0.25) is 0 Å². The van der Waals surface area contributed by atoms with E-state index < -0.39 is 15.7 Å². The number of halogens is 2. The van der Waals surface area contributed by atoms with Crippen LogP contribution in [0.3, 0.4) is 0 Å². The van der Waals surface area contributed by atoms with Crippen LogP contribution in [0.5, 0.6) is 0 Å². The molecule has 0 aromatic heterocycles. The van der Waals surface area contributed by atoms with Gasteiger partial charge in [0.05, 0.1) is 16.5 Å². The Bertz CT molecular complexity index is 562. The van der Waals surface area contributed by atoms with Crippen molar-refractivity contribution in [2.45, 2.75) is 31.8 Å². The maximum absolute atomic E-state index is 14.0. The highest BCUT2D eigenvalue weighted by molar-refractivity contribution is 7.91. The van der Waals surface area contributed by atoms with E-state index in [0.29, 0.717) is 18.4 Å². The highest BCUT2D eigenvalue weighted by Crippen LogP contribution is 2.26. The summed E-state index contributed by atoms with van der Waals surface area (Å²) in [4.78, 5) is 0. The largest absolute Gasteiger partial charge is 0.306 e. The standard InChI is InChI=1S/C13H17ClFNO2S/c1-2-12(10-4-3-5-11(14)13(10)15)16-9-6-7-19(17,18)8-9/h3-5,9,12,16H,2,6-8H2,1H3/t9-,12-/m0/s1. The van der Waals surface area contributed by atoms with Crippen molar-refractivity contribution in [3.63, 3.8) is 0 Å². The molecule has 0 radical (unpaired) electrons. The maximum Gasteiger partial charge on any atom is 0.151 e. The first kappa shape index (κ1) is 14.8. The van der Waals surface area contributed by atoms with Gasteiger partial charge in [0, 0.05) is 17.6 Å². The molecular formula is C13H17ClFNO2S. The summed E-state index contributed by atoms with van der Waals surface area (Å²) in [5, 5.41) is 3.32. The molecule has 1 aromatic rings. The van der Waals surface area contributed by atoms with Crippen molar-refractivity contribution in [2.24, 2.45) is 0 Å². The van der Waals surface area contributed by atoms with Crippen LogP contribution < -0.4 is 5.32 Å². The van der Waals surface area contributed by atoms with Gasteiger partial charge < -0.3 is 5.32 Å². The van der Waals surface area contributed by atoms with Gasteiger partial charge in [0.25, 0.3) is 0 Å². The molecule has 106 valence electrons. The van der Waals surface area contributed by atoms with Gasteiger partial charge in [0.15, 0.2) is 9.84 Å². The Kier molecular flexibility index (Phi) is 4.48. The van der Waals surface area contributed by atoms with Gasteiger partial charge in [0.1, 0.15) is 5.82 Å². The third-order valence-corrected chi connectivity index (χ3v) is 5.49. The third kappa shape index (κ3) is 3.46. The molecule has 2 atom stereocenters. The van der Waals surface area contributed by atoms with Crippen LogP contribution in [0.25, 0.3) is 0 Å². The van der Waals surface area contributed by atoms with Gasteiger partial charge in [-0.2, -0.15) is 0 Å². The van der Waals surface area contributed by atoms with Crippen molar-refractivity contribution in [3.8, 4) is 0 Å². The fraction of sp³-hybridized carbons (Fsp3) is 0.538. The lowest BCUT2D eigenvalue weighted by Gasteiger charge is -2.22. The molecule has 1 fully saturated rings. The molecule has 0 saturated carbocycles. The summed E-state index contributed by atoms with van der Waals surface area (Å²) in [7, 11) is -2.93. The molecule has 0 bridgehead atoms. The second-order valence-electron chi connectivity index (χ2n) is 4.87. The second kappa shape index (κ2) is 5.77. The Morgan fingerprint density at radius 1 is 1.53 bits per heavy atom. The van der Waals surface area contributed by atoms with E-state index in [1.807, 2.05) is 6.92 Å². The van der Waals surface area contributed by atoms with Gasteiger partial charge in [-0.05, 0) is 18.9 Å². The molecule has 0 amide bonds. The van der Waals surface area contributed by atoms with Gasteiger partial charge in [-0.3, -0.25) is 0 Å². The van der Waals surface area contributed by atoms with Gasteiger partial charge in [-0.25, -0.2) is 12.8 Å². The van der Waals surface area contributed by atoms with Crippen LogP contribution in [0, 0.1) is 5.82 Å². The van der Waals surface area contributed by atoms with Crippen LogP contribution in [0.2, 0.25) is 5.02 Å². The summed E-state index contributed by atoms with van der Waals surface area (Å²) in [6, 6.07) is 4.58. The van der Waals surface area contributed by atoms with E-state index in [9.17, 15) is 12.8 Å². The molecular weight excluding hydrogens is 289 g/mol. The van der Waals surface area contributed by atoms with Crippen LogP contribution in [0.15, 0.2) is 18.2 Å². The van der Waals surface area contributed by atoms with Crippen molar-refractivity contribution < 1.29 is 12.8 Å². The maximum atomic E-state index is 14.0. The number of sulfone groups is 1. The van der Waals surface area contributed by atoms with E-state index >= 15 is 0 Å². The average Bonchev–Trinajstić information content (AvgIpc) is 2.70. The lowest BCUT2D eigenvalue weighted by atomic mass is 10.0. The second-order valence-corrected chi connectivity index (χ2v) is 7.51. The van der Waals surface area contributed by atoms with Crippen molar-refractivity contribution >= 4 is 21.4 Å². The Morgan fingerprint density at radius 3 is 2.84 bits per heavy atom. The first-order valence-electron chi connectivity index (χ1n) is 6.33. The summed E-state index contributed by atoms with van der Waals surface area (Å²) in [6.07, 6.45) is 1.26. The van der Waals surface area contributed by atoms with Crippen molar-refractivity contribution in [2.75, 3.05) is 11.5 Å². The Morgan fingerprint density at radius 2 is 2.26 bits per heavy atom. The number of nitrogens with one attached hydrogen (secondary N) is 1. The summed E-state index contributed by atoms with van der Waals surface area (Å²) in [5.41, 5.74) is 0.499. The molecule has 3 nitrogen and oxygen atoms in total. The van der Waals surface area contributed by atoms with Crippen LogP contribution in [0.4, 0.5) is 4.39 Å². The zero-order valence-electron chi connectivity index (χ0n) is 10.7. The van der Waals surface area contributed by atoms with E-state index in [2.05, 4.69) is 5.32 Å². The van der Waals surface area contributed by atoms with Crippen LogP contribution >= 0.6 is 11.6 Å². The smallest absolute Gasteiger partial charge is 0.151 e. The quantitative estimate of drug-likeness (QED) is 0.930. The lowest BCUT2D eigenvalue weighted by Crippen LogP contribution is -2.34. The van der Waals surface area contributed by atoms with Crippen LogP contribution in [0.1, 0.15) is 31.4 Å². The number of hydrogen-bond donors (Lipinski definition) is 1. The molecule has 0 unspecified atom stereocenters. The molecule has 1 heterocycles. The number of hydrogen-bond acceptors (Lipinski definition) is 3. The highest BCUT2D eigenvalue weighted by Gasteiger charge is 2.30. The van der Waals surface area contributed by atoms with Gasteiger partial charge in [-0.15, -0.1) is 0 Å². The van der Waals surface area contributed by atoms with Crippen LogP contribution in [-0.2, 0) is 9.84 Å². The van der Waals surface area contributed by atoms with Crippen molar-refractivity contribution in [1.29, 1.82) is 0 Å². The fourth-order valence-corrected chi connectivity index (χ4v) is 4.30. The Balaban J connectivity index is 2.15. The SMILES string of the molecule is CC[C@H](N[C@H]1CCS(=O)(=O)C1)c1cccc(Cl)c1F. The van der Waals surface area contributed by atoms with E-state index in [1.165, 1.54) is 6.07 Å². The average molecular weight is 306 g/mol. The molecule has 1 aliphatic heterocycles.